The Hall–Kier alpha value is -3.16. The van der Waals surface area contributed by atoms with E-state index in [0.29, 0.717) is 11.4 Å². The zero-order valence-electron chi connectivity index (χ0n) is 17.7. The Bertz CT molecular complexity index is 1210. The molecule has 3 aromatic rings. The molecule has 1 fully saturated rings. The van der Waals surface area contributed by atoms with E-state index in [1.807, 2.05) is 53.9 Å². The number of rotatable bonds is 5. The lowest BCUT2D eigenvalue weighted by atomic mass is 9.80. The SMILES string of the molecule is O=C(CN1C(=O)N[C@]2(CCCc3sccc32)C1=O)N[C@H](c1ccccc1)c1ccc(Cl)cc1. The fourth-order valence-corrected chi connectivity index (χ4v) is 5.82. The number of aryl methyl sites for hydroxylation is 1. The Morgan fingerprint density at radius 1 is 1.09 bits per heavy atom. The second-order valence-corrected chi connectivity index (χ2v) is 9.74. The van der Waals surface area contributed by atoms with Crippen molar-refractivity contribution in [3.63, 3.8) is 0 Å². The summed E-state index contributed by atoms with van der Waals surface area (Å²) in [7, 11) is 0. The molecule has 1 aliphatic carbocycles. The summed E-state index contributed by atoms with van der Waals surface area (Å²) in [5.41, 5.74) is 1.54. The van der Waals surface area contributed by atoms with Crippen LogP contribution >= 0.6 is 22.9 Å². The van der Waals surface area contributed by atoms with Gasteiger partial charge in [0.15, 0.2) is 0 Å². The molecule has 2 heterocycles. The Morgan fingerprint density at radius 2 is 1.82 bits per heavy atom. The number of thiophene rings is 1. The van der Waals surface area contributed by atoms with Gasteiger partial charge >= 0.3 is 6.03 Å². The summed E-state index contributed by atoms with van der Waals surface area (Å²) in [6.07, 6.45) is 2.25. The number of fused-ring (bicyclic) bond motifs is 2. The van der Waals surface area contributed by atoms with E-state index >= 15 is 0 Å². The van der Waals surface area contributed by atoms with Crippen molar-refractivity contribution in [2.24, 2.45) is 0 Å². The van der Waals surface area contributed by atoms with Crippen LogP contribution in [0.1, 0.15) is 40.5 Å². The highest BCUT2D eigenvalue weighted by Crippen LogP contribution is 2.42. The molecule has 33 heavy (non-hydrogen) atoms. The second-order valence-electron chi connectivity index (χ2n) is 8.30. The second kappa shape index (κ2) is 8.65. The van der Waals surface area contributed by atoms with Crippen LogP contribution in [-0.4, -0.2) is 29.3 Å². The largest absolute Gasteiger partial charge is 0.344 e. The van der Waals surface area contributed by atoms with Gasteiger partial charge in [0.1, 0.15) is 12.1 Å². The number of amides is 4. The van der Waals surface area contributed by atoms with Gasteiger partial charge in [0.05, 0.1) is 6.04 Å². The fourth-order valence-electron chi connectivity index (χ4n) is 4.70. The zero-order valence-corrected chi connectivity index (χ0v) is 19.3. The lowest BCUT2D eigenvalue weighted by Gasteiger charge is -2.31. The van der Waals surface area contributed by atoms with Crippen LogP contribution in [0, 0.1) is 0 Å². The van der Waals surface area contributed by atoms with Crippen LogP contribution in [0.3, 0.4) is 0 Å². The number of nitrogens with zero attached hydrogens (tertiary/aromatic N) is 1. The van der Waals surface area contributed by atoms with Crippen molar-refractivity contribution in [3.05, 3.63) is 92.6 Å². The Morgan fingerprint density at radius 3 is 2.58 bits per heavy atom. The number of carbonyl (C=O) groups excluding carboxylic acids is 3. The maximum atomic E-state index is 13.4. The Labute approximate surface area is 200 Å². The monoisotopic (exact) mass is 479 g/mol. The van der Waals surface area contributed by atoms with Crippen molar-refractivity contribution in [2.75, 3.05) is 6.54 Å². The third-order valence-corrected chi connectivity index (χ3v) is 7.51. The molecule has 8 heteroatoms. The van der Waals surface area contributed by atoms with Crippen LogP contribution in [0.2, 0.25) is 5.02 Å². The molecule has 168 valence electrons. The van der Waals surface area contributed by atoms with Crippen LogP contribution in [0.4, 0.5) is 4.79 Å². The van der Waals surface area contributed by atoms with E-state index in [1.165, 1.54) is 0 Å². The van der Waals surface area contributed by atoms with Crippen molar-refractivity contribution in [1.29, 1.82) is 0 Å². The van der Waals surface area contributed by atoms with E-state index in [-0.39, 0.29) is 12.5 Å². The van der Waals surface area contributed by atoms with Gasteiger partial charge < -0.3 is 10.6 Å². The molecule has 2 aromatic carbocycles. The average Bonchev–Trinajstić information content (AvgIpc) is 3.39. The normalized spacial score (nSPS) is 20.5. The number of carbonyl (C=O) groups is 3. The molecular formula is C25H22ClN3O3S. The van der Waals surface area contributed by atoms with Crippen molar-refractivity contribution in [1.82, 2.24) is 15.5 Å². The lowest BCUT2D eigenvalue weighted by Crippen LogP contribution is -2.47. The highest BCUT2D eigenvalue weighted by molar-refractivity contribution is 7.10. The van der Waals surface area contributed by atoms with E-state index in [9.17, 15) is 14.4 Å². The lowest BCUT2D eigenvalue weighted by molar-refractivity contribution is -0.135. The van der Waals surface area contributed by atoms with E-state index in [0.717, 1.165) is 39.3 Å². The Kier molecular flexibility index (Phi) is 5.68. The zero-order chi connectivity index (χ0) is 23.0. The van der Waals surface area contributed by atoms with Crippen molar-refractivity contribution in [2.45, 2.75) is 30.8 Å². The van der Waals surface area contributed by atoms with E-state index in [2.05, 4.69) is 10.6 Å². The summed E-state index contributed by atoms with van der Waals surface area (Å²) in [6, 6.07) is 17.7. The molecule has 0 radical (unpaired) electrons. The van der Waals surface area contributed by atoms with Crippen molar-refractivity contribution >= 4 is 40.8 Å². The fraction of sp³-hybridized carbons (Fsp3) is 0.240. The summed E-state index contributed by atoms with van der Waals surface area (Å²) in [5.74, 6) is -0.773. The van der Waals surface area contributed by atoms with Gasteiger partial charge in [0.2, 0.25) is 5.91 Å². The third kappa shape index (κ3) is 3.92. The third-order valence-electron chi connectivity index (χ3n) is 6.28. The molecule has 1 aromatic heterocycles. The van der Waals surface area contributed by atoms with Crippen LogP contribution < -0.4 is 10.6 Å². The molecule has 2 aliphatic rings. The summed E-state index contributed by atoms with van der Waals surface area (Å²) in [5, 5.41) is 8.42. The molecule has 0 saturated carbocycles. The van der Waals surface area contributed by atoms with Gasteiger partial charge in [0.25, 0.3) is 5.91 Å². The molecule has 0 bridgehead atoms. The minimum Gasteiger partial charge on any atom is -0.344 e. The van der Waals surface area contributed by atoms with E-state index in [4.69, 9.17) is 11.6 Å². The molecule has 1 aliphatic heterocycles. The first-order valence-electron chi connectivity index (χ1n) is 10.8. The highest BCUT2D eigenvalue weighted by Gasteiger charge is 2.54. The smallest absolute Gasteiger partial charge is 0.325 e. The number of urea groups is 1. The van der Waals surface area contributed by atoms with Crippen molar-refractivity contribution in [3.8, 4) is 0 Å². The van der Waals surface area contributed by atoms with Gasteiger partial charge in [0, 0.05) is 15.5 Å². The van der Waals surface area contributed by atoms with Gasteiger partial charge in [-0.2, -0.15) is 0 Å². The molecule has 2 atom stereocenters. The number of imide groups is 1. The maximum Gasteiger partial charge on any atom is 0.325 e. The summed E-state index contributed by atoms with van der Waals surface area (Å²) >= 11 is 7.64. The molecule has 2 N–H and O–H groups in total. The van der Waals surface area contributed by atoms with Gasteiger partial charge in [-0.25, -0.2) is 4.79 Å². The summed E-state index contributed by atoms with van der Waals surface area (Å²) in [4.78, 5) is 41.4. The van der Waals surface area contributed by atoms with Gasteiger partial charge in [-0.05, 0) is 54.0 Å². The number of nitrogens with one attached hydrogen (secondary N) is 2. The van der Waals surface area contributed by atoms with Gasteiger partial charge in [-0.15, -0.1) is 11.3 Å². The maximum absolute atomic E-state index is 13.4. The van der Waals surface area contributed by atoms with Crippen LogP contribution in [0.5, 0.6) is 0 Å². The van der Waals surface area contributed by atoms with Gasteiger partial charge in [-0.3, -0.25) is 14.5 Å². The first kappa shape index (κ1) is 21.7. The number of halogens is 1. The van der Waals surface area contributed by atoms with E-state index < -0.39 is 23.5 Å². The first-order valence-corrected chi connectivity index (χ1v) is 12.0. The average molecular weight is 480 g/mol. The minimum atomic E-state index is -1.06. The number of hydrogen-bond donors (Lipinski definition) is 2. The predicted molar refractivity (Wildman–Crippen MR) is 127 cm³/mol. The van der Waals surface area contributed by atoms with Crippen molar-refractivity contribution < 1.29 is 14.4 Å². The standard InChI is InChI=1S/C25H22ClN3O3S/c26-18-10-8-17(9-11-18)22(16-5-2-1-3-6-16)27-21(30)15-29-23(31)25(28-24(29)32)13-4-7-20-19(25)12-14-33-20/h1-3,5-6,8-12,14,22H,4,7,13,15H2,(H,27,30)(H,28,32)/t22-,25+/m1/s1. The molecule has 1 saturated heterocycles. The van der Waals surface area contributed by atoms with Gasteiger partial charge in [-0.1, -0.05) is 54.1 Å². The minimum absolute atomic E-state index is 0.344. The summed E-state index contributed by atoms with van der Waals surface area (Å²) < 4.78 is 0. The molecule has 1 spiro atoms. The first-order chi connectivity index (χ1) is 16.0. The molecule has 6 nitrogen and oxygen atoms in total. The number of hydrogen-bond acceptors (Lipinski definition) is 4. The predicted octanol–water partition coefficient (Wildman–Crippen LogP) is 4.39. The van der Waals surface area contributed by atoms with E-state index in [1.54, 1.807) is 23.5 Å². The molecule has 0 unspecified atom stereocenters. The van der Waals surface area contributed by atoms with Crippen LogP contribution in [-0.2, 0) is 21.5 Å². The molecular weight excluding hydrogens is 458 g/mol. The number of benzene rings is 2. The van der Waals surface area contributed by atoms with Crippen LogP contribution in [0.15, 0.2) is 66.0 Å². The topological polar surface area (TPSA) is 78.5 Å². The van der Waals surface area contributed by atoms with Crippen LogP contribution in [0.25, 0.3) is 0 Å². The molecule has 5 rings (SSSR count). The Balaban J connectivity index is 1.37. The highest BCUT2D eigenvalue weighted by atomic mass is 35.5. The molecule has 4 amide bonds. The quantitative estimate of drug-likeness (QED) is 0.533. The summed E-state index contributed by atoms with van der Waals surface area (Å²) in [6.45, 7) is -0.344.